The molecule has 1 unspecified atom stereocenters. The van der Waals surface area contributed by atoms with E-state index < -0.39 is 11.6 Å². The molecule has 2 N–H and O–H groups in total. The van der Waals surface area contributed by atoms with E-state index in [1.54, 1.807) is 29.2 Å². The molecule has 1 atom stereocenters. The molecule has 0 bridgehead atoms. The summed E-state index contributed by atoms with van der Waals surface area (Å²) < 4.78 is 27.3. The highest BCUT2D eigenvalue weighted by Gasteiger charge is 2.28. The zero-order chi connectivity index (χ0) is 18.7. The van der Waals surface area contributed by atoms with Crippen molar-refractivity contribution < 1.29 is 13.6 Å². The van der Waals surface area contributed by atoms with Gasteiger partial charge in [-0.2, -0.15) is 0 Å². The summed E-state index contributed by atoms with van der Waals surface area (Å²) in [5.41, 5.74) is 7.40. The highest BCUT2D eigenvalue weighted by molar-refractivity contribution is 5.95. The number of benzene rings is 2. The van der Waals surface area contributed by atoms with Crippen molar-refractivity contribution in [3.8, 4) is 0 Å². The third-order valence-electron chi connectivity index (χ3n) is 4.88. The average molecular weight is 432 g/mol. The van der Waals surface area contributed by atoms with Crippen molar-refractivity contribution >= 4 is 36.4 Å². The second-order valence-electron chi connectivity index (χ2n) is 6.54. The molecule has 28 heavy (non-hydrogen) atoms. The van der Waals surface area contributed by atoms with Crippen LogP contribution in [0, 0.1) is 11.6 Å². The van der Waals surface area contributed by atoms with Crippen LogP contribution in [0.4, 0.5) is 14.5 Å². The molecule has 1 fully saturated rings. The van der Waals surface area contributed by atoms with Crippen LogP contribution in [-0.2, 0) is 0 Å². The summed E-state index contributed by atoms with van der Waals surface area (Å²) in [5.74, 6) is -1.13. The highest BCUT2D eigenvalue weighted by atomic mass is 35.5. The Balaban J connectivity index is 0.00000196. The molecule has 1 aliphatic rings. The van der Waals surface area contributed by atoms with E-state index in [4.69, 9.17) is 5.73 Å². The molecule has 0 aromatic heterocycles. The minimum absolute atomic E-state index is 0. The van der Waals surface area contributed by atoms with Crippen LogP contribution < -0.4 is 5.73 Å². The van der Waals surface area contributed by atoms with Crippen molar-refractivity contribution in [3.63, 3.8) is 0 Å². The van der Waals surface area contributed by atoms with E-state index in [0.717, 1.165) is 6.07 Å². The number of halogens is 4. The molecule has 1 saturated heterocycles. The quantitative estimate of drug-likeness (QED) is 0.734. The van der Waals surface area contributed by atoms with Crippen LogP contribution in [-0.4, -0.2) is 41.9 Å². The van der Waals surface area contributed by atoms with Gasteiger partial charge in [-0.05, 0) is 30.7 Å². The minimum Gasteiger partial charge on any atom is -0.399 e. The number of carbonyl (C=O) groups is 1. The number of anilines is 1. The normalized spacial score (nSPS) is 15.3. The number of nitrogen functional groups attached to an aromatic ring is 1. The van der Waals surface area contributed by atoms with Gasteiger partial charge >= 0.3 is 0 Å². The monoisotopic (exact) mass is 431 g/mol. The van der Waals surface area contributed by atoms with Crippen LogP contribution in [0.3, 0.4) is 0 Å². The number of nitrogens with zero attached hydrogens (tertiary/aromatic N) is 2. The van der Waals surface area contributed by atoms with E-state index in [1.807, 2.05) is 6.92 Å². The minimum atomic E-state index is -0.571. The first-order valence-electron chi connectivity index (χ1n) is 8.83. The maximum atomic E-state index is 14.2. The van der Waals surface area contributed by atoms with Crippen LogP contribution in [0.25, 0.3) is 0 Å². The van der Waals surface area contributed by atoms with Crippen molar-refractivity contribution in [2.45, 2.75) is 19.4 Å². The molecule has 0 saturated carbocycles. The third-order valence-corrected chi connectivity index (χ3v) is 4.88. The molecule has 3 rings (SSSR count). The summed E-state index contributed by atoms with van der Waals surface area (Å²) in [6.07, 6.45) is 0.714. The number of amides is 1. The number of hydrogen-bond acceptors (Lipinski definition) is 3. The lowest BCUT2D eigenvalue weighted by Gasteiger charge is -2.39. The second-order valence-corrected chi connectivity index (χ2v) is 6.54. The van der Waals surface area contributed by atoms with Crippen molar-refractivity contribution in [3.05, 3.63) is 65.2 Å². The Morgan fingerprint density at radius 2 is 1.75 bits per heavy atom. The van der Waals surface area contributed by atoms with Crippen LogP contribution in [0.5, 0.6) is 0 Å². The summed E-state index contributed by atoms with van der Waals surface area (Å²) in [6.45, 7) is 4.39. The Kier molecular flexibility index (Phi) is 9.14. The molecular weight excluding hydrogens is 407 g/mol. The predicted octanol–water partition coefficient (Wildman–Crippen LogP) is 4.30. The Morgan fingerprint density at radius 3 is 2.32 bits per heavy atom. The van der Waals surface area contributed by atoms with Gasteiger partial charge in [0, 0.05) is 55.1 Å². The van der Waals surface area contributed by atoms with Gasteiger partial charge in [-0.25, -0.2) is 8.78 Å². The van der Waals surface area contributed by atoms with Gasteiger partial charge in [-0.15, -0.1) is 24.8 Å². The van der Waals surface area contributed by atoms with E-state index in [-0.39, 0.29) is 36.8 Å². The van der Waals surface area contributed by atoms with Gasteiger partial charge in [0.15, 0.2) is 0 Å². The molecule has 2 aromatic rings. The Bertz CT molecular complexity index is 799. The summed E-state index contributed by atoms with van der Waals surface area (Å²) in [6, 6.07) is 10.6. The van der Waals surface area contributed by atoms with Gasteiger partial charge in [0.25, 0.3) is 5.91 Å². The van der Waals surface area contributed by atoms with Gasteiger partial charge in [0.1, 0.15) is 11.6 Å². The third kappa shape index (κ3) is 5.34. The van der Waals surface area contributed by atoms with E-state index in [9.17, 15) is 13.6 Å². The first-order chi connectivity index (χ1) is 12.5. The molecule has 1 amide bonds. The fraction of sp³-hybridized carbons (Fsp3) is 0.350. The maximum absolute atomic E-state index is 14.2. The molecule has 0 radical (unpaired) electrons. The Labute approximate surface area is 176 Å². The van der Waals surface area contributed by atoms with Crippen molar-refractivity contribution in [1.29, 1.82) is 0 Å². The standard InChI is InChI=1S/C20H23F2N3O.2ClH/c1-2-19(17-7-6-15(21)13-18(17)22)24-8-10-25(11-9-24)20(26)14-4-3-5-16(23)12-14;;/h3-7,12-13,19H,2,8-11,23H2,1H3;2*1H. The SMILES string of the molecule is CCC(c1ccc(F)cc1F)N1CCN(C(=O)c2cccc(N)c2)CC1.Cl.Cl. The number of carbonyl (C=O) groups excluding carboxylic acids is 1. The largest absolute Gasteiger partial charge is 0.399 e. The lowest BCUT2D eigenvalue weighted by atomic mass is 10.0. The average Bonchev–Trinajstić information content (AvgIpc) is 2.64. The fourth-order valence-electron chi connectivity index (χ4n) is 3.54. The first kappa shape index (κ1) is 24.1. The van der Waals surface area contributed by atoms with E-state index in [1.165, 1.54) is 12.1 Å². The van der Waals surface area contributed by atoms with Crippen LogP contribution in [0.2, 0.25) is 0 Å². The highest BCUT2D eigenvalue weighted by Crippen LogP contribution is 2.28. The number of rotatable bonds is 4. The summed E-state index contributed by atoms with van der Waals surface area (Å²) in [7, 11) is 0. The Morgan fingerprint density at radius 1 is 1.07 bits per heavy atom. The van der Waals surface area contributed by atoms with Crippen LogP contribution >= 0.6 is 24.8 Å². The maximum Gasteiger partial charge on any atom is 0.254 e. The lowest BCUT2D eigenvalue weighted by molar-refractivity contribution is 0.0559. The van der Waals surface area contributed by atoms with Gasteiger partial charge in [0.05, 0.1) is 0 Å². The summed E-state index contributed by atoms with van der Waals surface area (Å²) >= 11 is 0. The molecule has 154 valence electrons. The van der Waals surface area contributed by atoms with Crippen LogP contribution in [0.15, 0.2) is 42.5 Å². The van der Waals surface area contributed by atoms with E-state index >= 15 is 0 Å². The lowest BCUT2D eigenvalue weighted by Crippen LogP contribution is -2.49. The smallest absolute Gasteiger partial charge is 0.254 e. The molecule has 1 aliphatic heterocycles. The molecule has 8 heteroatoms. The fourth-order valence-corrected chi connectivity index (χ4v) is 3.54. The molecular formula is C20H25Cl2F2N3O. The van der Waals surface area contributed by atoms with Gasteiger partial charge in [0.2, 0.25) is 0 Å². The van der Waals surface area contributed by atoms with Gasteiger partial charge < -0.3 is 10.6 Å². The molecule has 0 aliphatic carbocycles. The number of piperazine rings is 1. The topological polar surface area (TPSA) is 49.6 Å². The van der Waals surface area contributed by atoms with Gasteiger partial charge in [-0.3, -0.25) is 9.69 Å². The second kappa shape index (κ2) is 10.6. The predicted molar refractivity (Wildman–Crippen MR) is 112 cm³/mol. The molecule has 0 spiro atoms. The van der Waals surface area contributed by atoms with E-state index in [0.29, 0.717) is 49.4 Å². The molecule has 4 nitrogen and oxygen atoms in total. The Hall–Kier alpha value is -1.89. The zero-order valence-corrected chi connectivity index (χ0v) is 17.2. The molecule has 1 heterocycles. The first-order valence-corrected chi connectivity index (χ1v) is 8.83. The number of hydrogen-bond donors (Lipinski definition) is 1. The zero-order valence-electron chi connectivity index (χ0n) is 15.6. The van der Waals surface area contributed by atoms with Crippen molar-refractivity contribution in [2.24, 2.45) is 0 Å². The van der Waals surface area contributed by atoms with Gasteiger partial charge in [-0.1, -0.05) is 19.1 Å². The molecule has 2 aromatic carbocycles. The van der Waals surface area contributed by atoms with E-state index in [2.05, 4.69) is 4.90 Å². The summed E-state index contributed by atoms with van der Waals surface area (Å²) in [5, 5.41) is 0. The van der Waals surface area contributed by atoms with Crippen molar-refractivity contribution in [2.75, 3.05) is 31.9 Å². The van der Waals surface area contributed by atoms with Crippen molar-refractivity contribution in [1.82, 2.24) is 9.80 Å². The summed E-state index contributed by atoms with van der Waals surface area (Å²) in [4.78, 5) is 16.6. The van der Waals surface area contributed by atoms with Crippen LogP contribution in [0.1, 0.15) is 35.3 Å². The number of nitrogens with two attached hydrogens (primary N) is 1.